The minimum absolute atomic E-state index is 0.0210. The van der Waals surface area contributed by atoms with Gasteiger partial charge in [-0.2, -0.15) is 15.0 Å². The first-order valence-electron chi connectivity index (χ1n) is 6.31. The minimum Gasteiger partial charge on any atom is -0.497 e. The summed E-state index contributed by atoms with van der Waals surface area (Å²) in [5, 5.41) is 0. The molecular formula is C14H15N5O3. The van der Waals surface area contributed by atoms with Crippen LogP contribution < -0.4 is 16.2 Å². The third kappa shape index (κ3) is 4.44. The molecule has 4 N–H and O–H groups in total. The average Bonchev–Trinajstić information content (AvgIpc) is 2.50. The molecule has 0 bridgehead atoms. The molecule has 0 unspecified atom stereocenters. The predicted molar refractivity (Wildman–Crippen MR) is 80.5 cm³/mol. The summed E-state index contributed by atoms with van der Waals surface area (Å²) in [5.74, 6) is 0.356. The van der Waals surface area contributed by atoms with Crippen molar-refractivity contribution in [2.75, 3.05) is 18.6 Å². The first-order valence-corrected chi connectivity index (χ1v) is 6.31. The second-order valence-corrected chi connectivity index (χ2v) is 4.18. The Morgan fingerprint density at radius 2 is 1.77 bits per heavy atom. The molecule has 22 heavy (non-hydrogen) atoms. The number of nitrogens with zero attached hydrogens (tertiary/aromatic N) is 3. The Bertz CT molecular complexity index is 665. The lowest BCUT2D eigenvalue weighted by Gasteiger charge is -2.02. The van der Waals surface area contributed by atoms with Gasteiger partial charge in [0.2, 0.25) is 11.9 Å². The number of methoxy groups -OCH3 is 1. The lowest BCUT2D eigenvalue weighted by molar-refractivity contribution is -0.139. The molecule has 0 aliphatic carbocycles. The summed E-state index contributed by atoms with van der Waals surface area (Å²) in [6.07, 6.45) is 2.92. The highest BCUT2D eigenvalue weighted by atomic mass is 16.5. The number of carbonyl (C=O) groups is 1. The molecule has 0 fully saturated rings. The molecule has 1 aromatic heterocycles. The summed E-state index contributed by atoms with van der Waals surface area (Å²) in [6.45, 7) is -0.136. The molecule has 1 aromatic carbocycles. The molecule has 0 spiro atoms. The van der Waals surface area contributed by atoms with E-state index < -0.39 is 5.97 Å². The molecule has 0 atom stereocenters. The number of esters is 1. The van der Waals surface area contributed by atoms with Crippen LogP contribution in [0.1, 0.15) is 11.4 Å². The number of benzene rings is 1. The van der Waals surface area contributed by atoms with E-state index in [-0.39, 0.29) is 24.3 Å². The molecule has 0 aliphatic heterocycles. The van der Waals surface area contributed by atoms with Crippen molar-refractivity contribution in [2.45, 2.75) is 6.61 Å². The number of rotatable bonds is 5. The number of hydrogen-bond donors (Lipinski definition) is 2. The summed E-state index contributed by atoms with van der Waals surface area (Å²) >= 11 is 0. The molecule has 8 heteroatoms. The van der Waals surface area contributed by atoms with Gasteiger partial charge < -0.3 is 20.9 Å². The van der Waals surface area contributed by atoms with E-state index in [1.165, 1.54) is 6.08 Å². The van der Waals surface area contributed by atoms with Gasteiger partial charge >= 0.3 is 5.97 Å². The van der Waals surface area contributed by atoms with Crippen molar-refractivity contribution in [3.05, 3.63) is 41.7 Å². The highest BCUT2D eigenvalue weighted by Gasteiger charge is 2.04. The Hall–Kier alpha value is -3.16. The lowest BCUT2D eigenvalue weighted by Crippen LogP contribution is -2.09. The molecule has 0 saturated carbocycles. The number of carbonyl (C=O) groups excluding carboxylic acids is 1. The molecule has 114 valence electrons. The zero-order chi connectivity index (χ0) is 15.9. The van der Waals surface area contributed by atoms with Crippen molar-refractivity contribution >= 4 is 23.9 Å². The van der Waals surface area contributed by atoms with Crippen LogP contribution in [0.25, 0.3) is 6.08 Å². The van der Waals surface area contributed by atoms with Gasteiger partial charge in [0, 0.05) is 6.08 Å². The van der Waals surface area contributed by atoms with Crippen LogP contribution in [0, 0.1) is 0 Å². The number of ether oxygens (including phenoxy) is 2. The van der Waals surface area contributed by atoms with Crippen LogP contribution in [-0.4, -0.2) is 28.0 Å². The highest BCUT2D eigenvalue weighted by molar-refractivity contribution is 5.87. The van der Waals surface area contributed by atoms with Crippen molar-refractivity contribution in [3.8, 4) is 5.75 Å². The van der Waals surface area contributed by atoms with Crippen LogP contribution in [0.4, 0.5) is 11.9 Å². The number of aromatic nitrogens is 3. The zero-order valence-corrected chi connectivity index (χ0v) is 11.9. The van der Waals surface area contributed by atoms with Crippen molar-refractivity contribution in [1.29, 1.82) is 0 Å². The second-order valence-electron chi connectivity index (χ2n) is 4.18. The van der Waals surface area contributed by atoms with Gasteiger partial charge in [-0.05, 0) is 23.8 Å². The van der Waals surface area contributed by atoms with Crippen LogP contribution in [0.15, 0.2) is 30.3 Å². The lowest BCUT2D eigenvalue weighted by atomic mass is 10.2. The molecule has 8 nitrogen and oxygen atoms in total. The molecule has 0 saturated heterocycles. The Kier molecular flexibility index (Phi) is 4.86. The van der Waals surface area contributed by atoms with Crippen molar-refractivity contribution in [1.82, 2.24) is 15.0 Å². The van der Waals surface area contributed by atoms with Gasteiger partial charge in [0.05, 0.1) is 7.11 Å². The van der Waals surface area contributed by atoms with Gasteiger partial charge in [0.15, 0.2) is 12.4 Å². The van der Waals surface area contributed by atoms with E-state index in [1.807, 2.05) is 12.1 Å². The van der Waals surface area contributed by atoms with Gasteiger partial charge in [-0.3, -0.25) is 0 Å². The maximum absolute atomic E-state index is 11.6. The molecular weight excluding hydrogens is 286 g/mol. The Balaban J connectivity index is 1.90. The normalized spacial score (nSPS) is 10.6. The fourth-order valence-electron chi connectivity index (χ4n) is 1.58. The van der Waals surface area contributed by atoms with E-state index in [2.05, 4.69) is 15.0 Å². The van der Waals surface area contributed by atoms with E-state index in [1.54, 1.807) is 25.3 Å². The van der Waals surface area contributed by atoms with Gasteiger partial charge in [-0.15, -0.1) is 0 Å². The monoisotopic (exact) mass is 301 g/mol. The van der Waals surface area contributed by atoms with Gasteiger partial charge in [0.25, 0.3) is 0 Å². The average molecular weight is 301 g/mol. The number of anilines is 2. The molecule has 2 aromatic rings. The van der Waals surface area contributed by atoms with Crippen molar-refractivity contribution in [2.24, 2.45) is 0 Å². The topological polar surface area (TPSA) is 126 Å². The molecule has 0 radical (unpaired) electrons. The van der Waals surface area contributed by atoms with E-state index in [0.717, 1.165) is 11.3 Å². The maximum Gasteiger partial charge on any atom is 0.331 e. The minimum atomic E-state index is -0.534. The van der Waals surface area contributed by atoms with Crippen molar-refractivity contribution < 1.29 is 14.3 Å². The van der Waals surface area contributed by atoms with E-state index in [4.69, 9.17) is 20.9 Å². The maximum atomic E-state index is 11.6. The Labute approximate surface area is 126 Å². The predicted octanol–water partition coefficient (Wildman–Crippen LogP) is 0.801. The number of nitrogen functional groups attached to an aromatic ring is 2. The third-order valence-corrected chi connectivity index (χ3v) is 2.59. The van der Waals surface area contributed by atoms with Gasteiger partial charge in [-0.25, -0.2) is 4.79 Å². The van der Waals surface area contributed by atoms with E-state index in [9.17, 15) is 4.79 Å². The van der Waals surface area contributed by atoms with E-state index in [0.29, 0.717) is 0 Å². The number of hydrogen-bond acceptors (Lipinski definition) is 8. The Morgan fingerprint density at radius 1 is 1.14 bits per heavy atom. The van der Waals surface area contributed by atoms with Crippen LogP contribution in [0.3, 0.4) is 0 Å². The van der Waals surface area contributed by atoms with E-state index >= 15 is 0 Å². The zero-order valence-electron chi connectivity index (χ0n) is 11.9. The molecule has 0 amide bonds. The highest BCUT2D eigenvalue weighted by Crippen LogP contribution is 2.12. The Morgan fingerprint density at radius 3 is 2.36 bits per heavy atom. The standard InChI is InChI=1S/C14H15N5O3/c1-21-10-5-2-9(3-6-10)4-7-12(20)22-8-11-17-13(15)19-14(16)18-11/h2-7H,8H2,1H3,(H4,15,16,17,18,19)/b7-4+. The van der Waals surface area contributed by atoms with Crippen LogP contribution in [0.5, 0.6) is 5.75 Å². The third-order valence-electron chi connectivity index (χ3n) is 2.59. The quantitative estimate of drug-likeness (QED) is 0.613. The smallest absolute Gasteiger partial charge is 0.331 e. The van der Waals surface area contributed by atoms with Crippen LogP contribution in [-0.2, 0) is 16.1 Å². The first kappa shape index (κ1) is 15.2. The van der Waals surface area contributed by atoms with Crippen LogP contribution >= 0.6 is 0 Å². The van der Waals surface area contributed by atoms with Crippen molar-refractivity contribution in [3.63, 3.8) is 0 Å². The summed E-state index contributed by atoms with van der Waals surface area (Å²) < 4.78 is 10.0. The summed E-state index contributed by atoms with van der Waals surface area (Å²) in [6, 6.07) is 7.22. The fourth-order valence-corrected chi connectivity index (χ4v) is 1.58. The molecule has 1 heterocycles. The largest absolute Gasteiger partial charge is 0.497 e. The molecule has 0 aliphatic rings. The molecule has 2 rings (SSSR count). The number of nitrogens with two attached hydrogens (primary N) is 2. The summed E-state index contributed by atoms with van der Waals surface area (Å²) in [4.78, 5) is 22.8. The fraction of sp³-hybridized carbons (Fsp3) is 0.143. The summed E-state index contributed by atoms with van der Waals surface area (Å²) in [7, 11) is 1.59. The van der Waals surface area contributed by atoms with Gasteiger partial charge in [-0.1, -0.05) is 12.1 Å². The van der Waals surface area contributed by atoms with Crippen LogP contribution in [0.2, 0.25) is 0 Å². The first-order chi connectivity index (χ1) is 10.6. The SMILES string of the molecule is COc1ccc(/C=C/C(=O)OCc2nc(N)nc(N)n2)cc1. The van der Waals surface area contributed by atoms with Gasteiger partial charge in [0.1, 0.15) is 5.75 Å². The second kappa shape index (κ2) is 7.02. The summed E-state index contributed by atoms with van der Waals surface area (Å²) in [5.41, 5.74) is 11.7.